The van der Waals surface area contributed by atoms with Gasteiger partial charge < -0.3 is 5.11 Å². The number of pyridine rings is 1. The van der Waals surface area contributed by atoms with Crippen LogP contribution >= 0.6 is 38.9 Å². The van der Waals surface area contributed by atoms with Crippen molar-refractivity contribution in [3.8, 4) is 0 Å². The Morgan fingerprint density at radius 2 is 2.19 bits per heavy atom. The predicted molar refractivity (Wildman–Crippen MR) is 82.3 cm³/mol. The lowest BCUT2D eigenvalue weighted by atomic mass is 10.2. The van der Waals surface area contributed by atoms with E-state index in [1.165, 1.54) is 24.4 Å². The number of nitrogens with one attached hydrogen (secondary N) is 1. The number of hydrogen-bond acceptors (Lipinski definition) is 5. The maximum absolute atomic E-state index is 12.1. The van der Waals surface area contributed by atoms with Crippen molar-refractivity contribution in [3.05, 3.63) is 44.5 Å². The molecule has 0 aliphatic carbocycles. The van der Waals surface area contributed by atoms with Crippen LogP contribution in [0.3, 0.4) is 0 Å². The van der Waals surface area contributed by atoms with E-state index < -0.39 is 16.0 Å². The van der Waals surface area contributed by atoms with Gasteiger partial charge >= 0.3 is 5.97 Å². The molecule has 0 aliphatic rings. The lowest BCUT2D eigenvalue weighted by Gasteiger charge is -2.04. The Labute approximate surface area is 138 Å². The first-order chi connectivity index (χ1) is 9.79. The fraction of sp³-hybridized carbons (Fsp3) is 0.0909. The monoisotopic (exact) mass is 410 g/mol. The van der Waals surface area contributed by atoms with Gasteiger partial charge in [-0.3, -0.25) is 0 Å². The second-order valence-corrected chi connectivity index (χ2v) is 8.64. The van der Waals surface area contributed by atoms with Crippen molar-refractivity contribution in [2.24, 2.45) is 0 Å². The molecule has 0 atom stereocenters. The highest BCUT2D eigenvalue weighted by atomic mass is 79.9. The van der Waals surface area contributed by atoms with Crippen molar-refractivity contribution in [1.82, 2.24) is 9.71 Å². The SMILES string of the molecule is O=C(O)c1ccc(CNS(=O)(=O)c2cc(Cl)c(Br)s2)cn1. The number of nitrogens with zero attached hydrogens (tertiary/aromatic N) is 1. The number of hydrogen-bond donors (Lipinski definition) is 2. The van der Waals surface area contributed by atoms with E-state index in [2.05, 4.69) is 25.6 Å². The Hall–Kier alpha value is -1.000. The molecule has 0 bridgehead atoms. The molecule has 0 fully saturated rings. The Kier molecular flexibility index (Phi) is 4.99. The summed E-state index contributed by atoms with van der Waals surface area (Å²) in [6.45, 7) is 0.00235. The summed E-state index contributed by atoms with van der Waals surface area (Å²) in [6.07, 6.45) is 1.31. The molecule has 0 amide bonds. The van der Waals surface area contributed by atoms with Crippen LogP contribution in [-0.2, 0) is 16.6 Å². The van der Waals surface area contributed by atoms with Crippen molar-refractivity contribution in [1.29, 1.82) is 0 Å². The van der Waals surface area contributed by atoms with Crippen LogP contribution in [0.15, 0.2) is 32.4 Å². The minimum atomic E-state index is -3.68. The van der Waals surface area contributed by atoms with Crippen LogP contribution in [0.1, 0.15) is 16.1 Å². The van der Waals surface area contributed by atoms with Gasteiger partial charge in [-0.25, -0.2) is 22.9 Å². The van der Waals surface area contributed by atoms with Crippen molar-refractivity contribution in [3.63, 3.8) is 0 Å². The number of thiophene rings is 1. The van der Waals surface area contributed by atoms with E-state index in [9.17, 15) is 13.2 Å². The molecule has 2 aromatic heterocycles. The number of carboxylic acid groups (broad SMARTS) is 1. The maximum Gasteiger partial charge on any atom is 0.354 e. The normalized spacial score (nSPS) is 11.5. The van der Waals surface area contributed by atoms with E-state index in [0.29, 0.717) is 14.4 Å². The third-order valence-electron chi connectivity index (χ3n) is 2.40. The van der Waals surface area contributed by atoms with E-state index in [4.69, 9.17) is 16.7 Å². The minimum Gasteiger partial charge on any atom is -0.477 e. The molecule has 2 N–H and O–H groups in total. The Balaban J connectivity index is 2.09. The number of rotatable bonds is 5. The zero-order chi connectivity index (χ0) is 15.6. The third kappa shape index (κ3) is 4.01. The van der Waals surface area contributed by atoms with E-state index in [-0.39, 0.29) is 16.4 Å². The van der Waals surface area contributed by atoms with E-state index >= 15 is 0 Å². The summed E-state index contributed by atoms with van der Waals surface area (Å²) < 4.78 is 27.1. The molecule has 112 valence electrons. The van der Waals surface area contributed by atoms with Crippen molar-refractivity contribution in [2.45, 2.75) is 10.8 Å². The second kappa shape index (κ2) is 6.41. The quantitative estimate of drug-likeness (QED) is 0.788. The van der Waals surface area contributed by atoms with Crippen LogP contribution in [-0.4, -0.2) is 24.5 Å². The van der Waals surface area contributed by atoms with Gasteiger partial charge in [-0.2, -0.15) is 0 Å². The second-order valence-electron chi connectivity index (χ2n) is 3.87. The first-order valence-electron chi connectivity index (χ1n) is 5.42. The largest absolute Gasteiger partial charge is 0.477 e. The topological polar surface area (TPSA) is 96.4 Å². The van der Waals surface area contributed by atoms with Crippen LogP contribution in [0, 0.1) is 0 Å². The van der Waals surface area contributed by atoms with Gasteiger partial charge in [-0.05, 0) is 33.6 Å². The van der Waals surface area contributed by atoms with Gasteiger partial charge in [0, 0.05) is 12.7 Å². The molecule has 2 rings (SSSR count). The van der Waals surface area contributed by atoms with Gasteiger partial charge in [0.25, 0.3) is 0 Å². The number of aromatic carboxylic acids is 1. The third-order valence-corrected chi connectivity index (χ3v) is 6.75. The van der Waals surface area contributed by atoms with Gasteiger partial charge in [0.2, 0.25) is 10.0 Å². The van der Waals surface area contributed by atoms with Crippen LogP contribution in [0.25, 0.3) is 0 Å². The molecule has 2 aromatic rings. The Morgan fingerprint density at radius 3 is 2.67 bits per heavy atom. The molecule has 0 unspecified atom stereocenters. The van der Waals surface area contributed by atoms with Gasteiger partial charge in [0.15, 0.2) is 0 Å². The summed E-state index contributed by atoms with van der Waals surface area (Å²) in [7, 11) is -3.68. The number of carboxylic acids is 1. The summed E-state index contributed by atoms with van der Waals surface area (Å²) in [5.74, 6) is -1.14. The Morgan fingerprint density at radius 1 is 1.48 bits per heavy atom. The molecule has 0 radical (unpaired) electrons. The highest BCUT2D eigenvalue weighted by molar-refractivity contribution is 9.11. The number of aromatic nitrogens is 1. The molecule has 2 heterocycles. The number of carbonyl (C=O) groups is 1. The highest BCUT2D eigenvalue weighted by Crippen LogP contribution is 2.34. The zero-order valence-electron chi connectivity index (χ0n) is 10.2. The van der Waals surface area contributed by atoms with Gasteiger partial charge in [-0.1, -0.05) is 17.7 Å². The summed E-state index contributed by atoms with van der Waals surface area (Å²) in [6, 6.07) is 4.16. The molecular formula is C11H8BrClN2O4S2. The molecule has 6 nitrogen and oxygen atoms in total. The van der Waals surface area contributed by atoms with Gasteiger partial charge in [-0.15, -0.1) is 11.3 Å². The minimum absolute atomic E-state index is 0.00235. The highest BCUT2D eigenvalue weighted by Gasteiger charge is 2.18. The van der Waals surface area contributed by atoms with Crippen LogP contribution < -0.4 is 4.72 Å². The summed E-state index contributed by atoms with van der Waals surface area (Å²) in [5, 5.41) is 9.05. The van der Waals surface area contributed by atoms with Crippen LogP contribution in [0.4, 0.5) is 0 Å². The van der Waals surface area contributed by atoms with Gasteiger partial charge in [0.1, 0.15) is 9.90 Å². The Bertz CT molecular complexity index is 755. The zero-order valence-corrected chi connectivity index (χ0v) is 14.2. The smallest absolute Gasteiger partial charge is 0.354 e. The molecular weight excluding hydrogens is 404 g/mol. The molecule has 0 aliphatic heterocycles. The first-order valence-corrected chi connectivity index (χ1v) is 8.89. The summed E-state index contributed by atoms with van der Waals surface area (Å²) in [5.41, 5.74) is 0.445. The average Bonchev–Trinajstić information content (AvgIpc) is 2.78. The molecule has 21 heavy (non-hydrogen) atoms. The fourth-order valence-electron chi connectivity index (χ4n) is 1.36. The van der Waals surface area contributed by atoms with E-state index in [1.807, 2.05) is 0 Å². The van der Waals surface area contributed by atoms with Crippen LogP contribution in [0.2, 0.25) is 5.02 Å². The van der Waals surface area contributed by atoms with Crippen molar-refractivity contribution >= 4 is 54.9 Å². The van der Waals surface area contributed by atoms with Gasteiger partial charge in [0.05, 0.1) is 8.81 Å². The van der Waals surface area contributed by atoms with E-state index in [0.717, 1.165) is 11.3 Å². The molecule has 10 heteroatoms. The average molecular weight is 412 g/mol. The lowest BCUT2D eigenvalue weighted by molar-refractivity contribution is 0.0690. The van der Waals surface area contributed by atoms with E-state index in [1.54, 1.807) is 0 Å². The molecule has 0 saturated heterocycles. The van der Waals surface area contributed by atoms with Crippen molar-refractivity contribution in [2.75, 3.05) is 0 Å². The first kappa shape index (κ1) is 16.4. The maximum atomic E-state index is 12.1. The lowest BCUT2D eigenvalue weighted by Crippen LogP contribution is -2.22. The fourth-order valence-corrected chi connectivity index (χ4v) is 4.82. The molecule has 0 aromatic carbocycles. The predicted octanol–water partition coefficient (Wildman–Crippen LogP) is 2.74. The summed E-state index contributed by atoms with van der Waals surface area (Å²) >= 11 is 9.96. The number of halogens is 2. The van der Waals surface area contributed by atoms with Crippen molar-refractivity contribution < 1.29 is 18.3 Å². The van der Waals surface area contributed by atoms with Crippen LogP contribution in [0.5, 0.6) is 0 Å². The number of sulfonamides is 1. The summed E-state index contributed by atoms with van der Waals surface area (Å²) in [4.78, 5) is 14.4. The molecule has 0 saturated carbocycles. The standard InChI is InChI=1S/C11H8BrClN2O4S2/c12-10-7(13)3-9(20-10)21(18,19)15-5-6-1-2-8(11(16)17)14-4-6/h1-4,15H,5H2,(H,16,17). The molecule has 0 spiro atoms.